The molecular weight excluding hydrogens is 1520 g/mol. The number of aromatic hydroxyl groups is 1. The number of benzene rings is 4. The Bertz CT molecular complexity index is 4250. The molecule has 0 saturated heterocycles. The summed E-state index contributed by atoms with van der Waals surface area (Å²) in [7, 11) is 0. The molecule has 0 saturated carbocycles. The lowest BCUT2D eigenvalue weighted by atomic mass is 9.98. The number of carbonyl (C=O) groups excluding carboxylic acids is 16. The van der Waals surface area contributed by atoms with Crippen molar-refractivity contribution in [1.29, 1.82) is 0 Å². The van der Waals surface area contributed by atoms with Crippen molar-refractivity contribution in [2.45, 2.75) is 177 Å². The molecule has 0 spiro atoms. The fourth-order valence-corrected chi connectivity index (χ4v) is 12.1. The van der Waals surface area contributed by atoms with E-state index in [2.05, 4.69) is 94.0 Å². The number of phenols is 1. The van der Waals surface area contributed by atoms with Crippen LogP contribution in [0, 0.1) is 5.92 Å². The van der Waals surface area contributed by atoms with Crippen molar-refractivity contribution in [3.63, 3.8) is 0 Å². The minimum Gasteiger partial charge on any atom is -0.508 e. The van der Waals surface area contributed by atoms with Crippen molar-refractivity contribution in [1.82, 2.24) is 68.8 Å². The average molecular weight is 1620 g/mol. The highest BCUT2D eigenvalue weighted by atomic mass is 32.1. The van der Waals surface area contributed by atoms with E-state index < -0.39 is 230 Å². The number of aliphatic carboxylic acids is 1. The number of hydrogen-bond donors (Lipinski definition) is 22. The van der Waals surface area contributed by atoms with Crippen LogP contribution in [0.1, 0.15) is 102 Å². The maximum atomic E-state index is 15.2. The molecule has 16 amide bonds. The van der Waals surface area contributed by atoms with Crippen molar-refractivity contribution in [2.75, 3.05) is 18.1 Å². The number of carbonyl (C=O) groups is 17. The number of fused-ring (bicyclic) bond motifs is 1. The minimum atomic E-state index is -1.92. The third-order valence-electron chi connectivity index (χ3n) is 17.7. The molecule has 114 heavy (non-hydrogen) atoms. The number of aliphatic hydroxyl groups is 1. The maximum absolute atomic E-state index is 15.2. The molecule has 4 aromatic carbocycles. The predicted molar refractivity (Wildman–Crippen MR) is 420 cm³/mol. The van der Waals surface area contributed by atoms with Gasteiger partial charge in [0.25, 0.3) is 0 Å². The van der Waals surface area contributed by atoms with Crippen LogP contribution in [0.2, 0.25) is 0 Å². The Hall–Kier alpha value is -12.1. The largest absolute Gasteiger partial charge is 0.508 e. The second kappa shape index (κ2) is 46.0. The number of hydrogen-bond acceptors (Lipinski definition) is 21. The number of thiol groups is 2. The van der Waals surface area contributed by atoms with Gasteiger partial charge in [-0.25, -0.2) is 0 Å². The first-order chi connectivity index (χ1) is 53.9. The van der Waals surface area contributed by atoms with E-state index in [4.69, 9.17) is 22.9 Å². The fourth-order valence-electron chi connectivity index (χ4n) is 11.6. The van der Waals surface area contributed by atoms with E-state index in [9.17, 15) is 87.2 Å². The Balaban J connectivity index is 1.50. The number of rotatable bonds is 48. The summed E-state index contributed by atoms with van der Waals surface area (Å²) in [4.78, 5) is 233. The Labute approximate surface area is 666 Å². The van der Waals surface area contributed by atoms with Crippen molar-refractivity contribution in [2.24, 2.45) is 28.9 Å². The SMILES string of the molecule is CC(=O)N[C@@H](CS)C(=O)N[C@@H](CCC(N)=O)C(=O)N[C@H](C(=O)N[C@@H](Cc1c[nH]c2ccccc12)C(=O)N[C@@H](CCC(N)=O)C(=O)N[C@@H](CS)C(=O)N[C@@H](Cc1ccc(O)cc1)C(=O)N[C@@H](Cc1ccc(-c2ccccc2)cc1)C(=O)N[C@@H](CCC(C)C)C(=O)N[C@@H](CCC(=O)O)C(=O)N[C@@H](CC(N)=O)C(=O)NCC(N)=O)[C@@H](C)O. The quantitative estimate of drug-likeness (QED) is 0.0168. The number of primary amides is 4. The number of carboxylic acid groups (broad SMARTS) is 1. The first kappa shape index (κ1) is 92.5. The van der Waals surface area contributed by atoms with E-state index in [1.165, 1.54) is 30.5 Å². The summed E-state index contributed by atoms with van der Waals surface area (Å²) >= 11 is 8.45. The number of amides is 16. The van der Waals surface area contributed by atoms with E-state index in [0.29, 0.717) is 27.6 Å². The molecule has 12 atom stereocenters. The molecule has 39 heteroatoms. The van der Waals surface area contributed by atoms with Crippen LogP contribution in [0.4, 0.5) is 0 Å². The number of para-hydroxylation sites is 1. The molecule has 5 rings (SSSR count). The van der Waals surface area contributed by atoms with Gasteiger partial charge in [0, 0.05) is 74.1 Å². The number of nitrogens with two attached hydrogens (primary N) is 4. The zero-order valence-corrected chi connectivity index (χ0v) is 64.8. The summed E-state index contributed by atoms with van der Waals surface area (Å²) in [5.41, 5.74) is 24.8. The summed E-state index contributed by atoms with van der Waals surface area (Å²) in [6.45, 7) is 5.13. The number of aliphatic hydroxyl groups excluding tert-OH is 1. The third kappa shape index (κ3) is 31.2. The number of carboxylic acids is 1. The van der Waals surface area contributed by atoms with Crippen molar-refractivity contribution in [3.8, 4) is 16.9 Å². The summed E-state index contributed by atoms with van der Waals surface area (Å²) in [6.07, 6.45) is -5.36. The van der Waals surface area contributed by atoms with Gasteiger partial charge in [-0.2, -0.15) is 25.3 Å². The van der Waals surface area contributed by atoms with Crippen LogP contribution in [0.3, 0.4) is 0 Å². The van der Waals surface area contributed by atoms with E-state index in [1.807, 2.05) is 30.3 Å². The smallest absolute Gasteiger partial charge is 0.303 e. The molecular formula is C75H99N17O20S2. The summed E-state index contributed by atoms with van der Waals surface area (Å²) in [6, 6.07) is 9.81. The molecule has 616 valence electrons. The summed E-state index contributed by atoms with van der Waals surface area (Å²) < 4.78 is 0. The van der Waals surface area contributed by atoms with Crippen molar-refractivity contribution < 1.29 is 96.8 Å². The van der Waals surface area contributed by atoms with Gasteiger partial charge in [0.1, 0.15) is 72.2 Å². The predicted octanol–water partition coefficient (Wildman–Crippen LogP) is -3.53. The molecule has 0 unspecified atom stereocenters. The van der Waals surface area contributed by atoms with Crippen molar-refractivity contribution in [3.05, 3.63) is 126 Å². The van der Waals surface area contributed by atoms with Gasteiger partial charge >= 0.3 is 5.97 Å². The van der Waals surface area contributed by atoms with E-state index in [0.717, 1.165) is 25.0 Å². The molecule has 1 aromatic heterocycles. The van der Waals surface area contributed by atoms with Gasteiger partial charge in [-0.05, 0) is 91.0 Å². The normalized spacial score (nSPS) is 14.2. The standard InChI is InChI=1S/C75H99N17O20S2/c1-38(2)14-23-49(66(103)83-52(26-29-63(100)101)67(104)89-56(33-61(78)98)65(102)81-35-62(79)99)84-70(107)53(30-41-15-19-44(20-16-41)43-10-6-5-7-11-43)87-71(108)54(31-42-17-21-46(95)22-18-42)88-74(111)58(37-114)91-68(105)50(24-27-59(76)96)85-72(109)55(32-45-34-80-48-13-9-8-12-47(45)48)90-75(112)64(39(3)93)92-69(106)51(25-28-60(77)97)86-73(110)57(36-113)82-40(4)94/h5-13,15-22,34,38-39,49-58,64,80,93,95,113-114H,14,23-33,35-37H2,1-4H3,(H2,76,96)(H2,77,97)(H2,78,98)(H2,79,99)(H,81,102)(H,82,94)(H,83,103)(H,84,107)(H,85,109)(H,86,110)(H,87,108)(H,88,111)(H,89,104)(H,90,112)(H,91,105)(H,92,106)(H,100,101)/t39-,49+,50+,51+,52+,53+,54+,55+,56+,57+,58+,64+/m1/s1. The van der Waals surface area contributed by atoms with E-state index in [1.54, 1.807) is 62.4 Å². The zero-order chi connectivity index (χ0) is 84.5. The van der Waals surface area contributed by atoms with Gasteiger partial charge in [0.15, 0.2) is 0 Å². The van der Waals surface area contributed by atoms with Gasteiger partial charge in [0.2, 0.25) is 94.5 Å². The Morgan fingerprint density at radius 2 is 0.798 bits per heavy atom. The molecule has 37 nitrogen and oxygen atoms in total. The lowest BCUT2D eigenvalue weighted by Crippen LogP contribution is -2.62. The van der Waals surface area contributed by atoms with Crippen LogP contribution >= 0.6 is 25.3 Å². The van der Waals surface area contributed by atoms with Gasteiger partial charge in [0.05, 0.1) is 19.1 Å². The molecule has 0 aliphatic heterocycles. The molecule has 0 fully saturated rings. The van der Waals surface area contributed by atoms with Crippen LogP contribution < -0.4 is 86.7 Å². The van der Waals surface area contributed by atoms with Gasteiger partial charge in [-0.15, -0.1) is 0 Å². The highest BCUT2D eigenvalue weighted by Gasteiger charge is 2.39. The highest BCUT2D eigenvalue weighted by molar-refractivity contribution is 7.80. The van der Waals surface area contributed by atoms with Gasteiger partial charge in [-0.1, -0.05) is 98.8 Å². The second-order valence-electron chi connectivity index (χ2n) is 27.4. The zero-order valence-electron chi connectivity index (χ0n) is 63.0. The fraction of sp³-hybridized carbons (Fsp3) is 0.427. The number of phenolic OH excluding ortho intramolecular Hbond substituents is 1. The maximum Gasteiger partial charge on any atom is 0.303 e. The molecule has 5 aromatic rings. The Kier molecular flexibility index (Phi) is 37.3. The topological polar surface area (TPSA) is 615 Å². The Morgan fingerprint density at radius 1 is 0.404 bits per heavy atom. The molecule has 0 bridgehead atoms. The van der Waals surface area contributed by atoms with Crippen molar-refractivity contribution >= 4 is 137 Å². The van der Waals surface area contributed by atoms with Crippen LogP contribution in [0.25, 0.3) is 22.0 Å². The lowest BCUT2D eigenvalue weighted by Gasteiger charge is -2.29. The molecule has 1 heterocycles. The van der Waals surface area contributed by atoms with Crippen LogP contribution in [0.5, 0.6) is 5.75 Å². The monoisotopic (exact) mass is 1620 g/mol. The van der Waals surface area contributed by atoms with E-state index >= 15 is 9.59 Å². The first-order valence-electron chi connectivity index (χ1n) is 36.3. The molecule has 0 radical (unpaired) electrons. The number of aromatic nitrogens is 1. The molecule has 0 aliphatic rings. The average Bonchev–Trinajstić information content (AvgIpc) is 1.59. The molecule has 0 aliphatic carbocycles. The minimum absolute atomic E-state index is 0.135. The van der Waals surface area contributed by atoms with Gasteiger partial charge < -0.3 is 107 Å². The number of H-pyrrole nitrogens is 1. The molecule has 24 N–H and O–H groups in total. The highest BCUT2D eigenvalue weighted by Crippen LogP contribution is 2.23. The summed E-state index contributed by atoms with van der Waals surface area (Å²) in [5.74, 6) is -19.0. The van der Waals surface area contributed by atoms with Crippen LogP contribution in [-0.2, 0) is 101 Å². The van der Waals surface area contributed by atoms with Crippen LogP contribution in [-0.4, -0.2) is 211 Å². The number of nitrogens with one attached hydrogen (secondary N) is 13. The number of aromatic amines is 1. The van der Waals surface area contributed by atoms with Gasteiger partial charge in [-0.3, -0.25) is 81.5 Å². The van der Waals surface area contributed by atoms with E-state index in [-0.39, 0.29) is 49.5 Å². The lowest BCUT2D eigenvalue weighted by molar-refractivity contribution is -0.139. The first-order valence-corrected chi connectivity index (χ1v) is 37.5. The second-order valence-corrected chi connectivity index (χ2v) is 28.1. The Morgan fingerprint density at radius 3 is 1.25 bits per heavy atom. The third-order valence-corrected chi connectivity index (χ3v) is 18.4. The summed E-state index contributed by atoms with van der Waals surface area (Å²) in [5, 5.41) is 60.9. The van der Waals surface area contributed by atoms with Crippen LogP contribution in [0.15, 0.2) is 109 Å².